The van der Waals surface area contributed by atoms with Crippen molar-refractivity contribution in [2.75, 3.05) is 13.2 Å². The standard InChI is InChI=1S/C22H27ClN2O4/c1-15(17-7-10-19(23)25-13-17)14-28-18-8-5-16(6-9-18)21(27)24-12-11-20(26)29-22(2,3)4/h5-10,13,15H,11-12,14H2,1-4H3,(H,24,27). The molecule has 1 unspecified atom stereocenters. The summed E-state index contributed by atoms with van der Waals surface area (Å²) < 4.78 is 11.0. The Kier molecular flexibility index (Phi) is 8.02. The highest BCUT2D eigenvalue weighted by Crippen LogP contribution is 2.19. The summed E-state index contributed by atoms with van der Waals surface area (Å²) in [7, 11) is 0. The Labute approximate surface area is 176 Å². The van der Waals surface area contributed by atoms with E-state index in [-0.39, 0.29) is 30.8 Å². The Balaban J connectivity index is 1.78. The molecule has 0 spiro atoms. The molecule has 1 N–H and O–H groups in total. The van der Waals surface area contributed by atoms with Crippen LogP contribution in [-0.2, 0) is 9.53 Å². The Hall–Kier alpha value is -2.60. The van der Waals surface area contributed by atoms with Crippen molar-refractivity contribution >= 4 is 23.5 Å². The summed E-state index contributed by atoms with van der Waals surface area (Å²) in [5, 5.41) is 3.17. The van der Waals surface area contributed by atoms with Gasteiger partial charge in [-0.1, -0.05) is 24.6 Å². The molecule has 6 nitrogen and oxygen atoms in total. The molecule has 1 aromatic carbocycles. The summed E-state index contributed by atoms with van der Waals surface area (Å²) in [5.41, 5.74) is 1.00. The molecule has 2 aromatic rings. The average molecular weight is 419 g/mol. The van der Waals surface area contributed by atoms with Gasteiger partial charge in [-0.25, -0.2) is 4.98 Å². The van der Waals surface area contributed by atoms with Crippen LogP contribution in [0.4, 0.5) is 0 Å². The van der Waals surface area contributed by atoms with E-state index >= 15 is 0 Å². The zero-order valence-electron chi connectivity index (χ0n) is 17.2. The summed E-state index contributed by atoms with van der Waals surface area (Å²) in [6, 6.07) is 10.5. The smallest absolute Gasteiger partial charge is 0.308 e. The maximum absolute atomic E-state index is 12.2. The molecule has 1 heterocycles. The molecule has 29 heavy (non-hydrogen) atoms. The number of hydrogen-bond donors (Lipinski definition) is 1. The minimum Gasteiger partial charge on any atom is -0.493 e. The molecular weight excluding hydrogens is 392 g/mol. The van der Waals surface area contributed by atoms with Crippen LogP contribution in [0, 0.1) is 0 Å². The normalized spacial score (nSPS) is 12.2. The number of ether oxygens (including phenoxy) is 2. The molecule has 1 aromatic heterocycles. The van der Waals surface area contributed by atoms with Crippen LogP contribution in [0.25, 0.3) is 0 Å². The van der Waals surface area contributed by atoms with Crippen LogP contribution in [0.15, 0.2) is 42.6 Å². The Morgan fingerprint density at radius 3 is 2.41 bits per heavy atom. The first-order valence-corrected chi connectivity index (χ1v) is 9.86. The van der Waals surface area contributed by atoms with Gasteiger partial charge < -0.3 is 14.8 Å². The van der Waals surface area contributed by atoms with Crippen molar-refractivity contribution in [1.82, 2.24) is 10.3 Å². The summed E-state index contributed by atoms with van der Waals surface area (Å²) in [6.45, 7) is 8.15. The highest BCUT2D eigenvalue weighted by Gasteiger charge is 2.16. The third-order valence-electron chi connectivity index (χ3n) is 3.97. The van der Waals surface area contributed by atoms with Crippen LogP contribution in [0.5, 0.6) is 5.75 Å². The van der Waals surface area contributed by atoms with E-state index in [1.807, 2.05) is 13.0 Å². The van der Waals surface area contributed by atoms with Crippen LogP contribution in [-0.4, -0.2) is 35.6 Å². The minimum atomic E-state index is -0.529. The number of pyridine rings is 1. The number of nitrogens with one attached hydrogen (secondary N) is 1. The molecule has 0 aliphatic heterocycles. The second-order valence-electron chi connectivity index (χ2n) is 7.74. The lowest BCUT2D eigenvalue weighted by Crippen LogP contribution is -2.29. The number of nitrogens with zero attached hydrogens (tertiary/aromatic N) is 1. The minimum absolute atomic E-state index is 0.127. The molecule has 0 bridgehead atoms. The second kappa shape index (κ2) is 10.3. The number of amides is 1. The summed E-state index contributed by atoms with van der Waals surface area (Å²) in [5.74, 6) is 0.229. The SMILES string of the molecule is CC(COc1ccc(C(=O)NCCC(=O)OC(C)(C)C)cc1)c1ccc(Cl)nc1. The number of esters is 1. The average Bonchev–Trinajstić information content (AvgIpc) is 2.65. The molecule has 1 atom stereocenters. The van der Waals surface area contributed by atoms with E-state index in [4.69, 9.17) is 21.1 Å². The Bertz CT molecular complexity index is 814. The van der Waals surface area contributed by atoms with Crippen LogP contribution >= 0.6 is 11.6 Å². The van der Waals surface area contributed by atoms with Gasteiger partial charge in [0.1, 0.15) is 16.5 Å². The topological polar surface area (TPSA) is 77.5 Å². The third-order valence-corrected chi connectivity index (χ3v) is 4.19. The van der Waals surface area contributed by atoms with E-state index in [1.165, 1.54) is 0 Å². The highest BCUT2D eigenvalue weighted by molar-refractivity contribution is 6.29. The fourth-order valence-electron chi connectivity index (χ4n) is 2.47. The number of halogens is 1. The number of rotatable bonds is 8. The van der Waals surface area contributed by atoms with Crippen LogP contribution in [0.2, 0.25) is 5.15 Å². The van der Waals surface area contributed by atoms with Gasteiger partial charge >= 0.3 is 5.97 Å². The van der Waals surface area contributed by atoms with Gasteiger partial charge in [0.25, 0.3) is 5.91 Å². The molecule has 0 aliphatic rings. The van der Waals surface area contributed by atoms with Gasteiger partial charge in [-0.3, -0.25) is 9.59 Å². The number of carbonyl (C=O) groups is 2. The summed E-state index contributed by atoms with van der Waals surface area (Å²) in [6.07, 6.45) is 1.86. The zero-order chi connectivity index (χ0) is 21.4. The first-order chi connectivity index (χ1) is 13.6. The molecule has 0 saturated heterocycles. The Morgan fingerprint density at radius 1 is 1.14 bits per heavy atom. The van der Waals surface area contributed by atoms with E-state index in [0.717, 1.165) is 5.56 Å². The van der Waals surface area contributed by atoms with Crippen molar-refractivity contribution in [3.8, 4) is 5.75 Å². The predicted octanol–water partition coefficient (Wildman–Crippen LogP) is 4.38. The molecule has 1 amide bonds. The zero-order valence-corrected chi connectivity index (χ0v) is 18.0. The molecule has 2 rings (SSSR count). The predicted molar refractivity (Wildman–Crippen MR) is 112 cm³/mol. The lowest BCUT2D eigenvalue weighted by atomic mass is 10.1. The fourth-order valence-corrected chi connectivity index (χ4v) is 2.58. The molecule has 0 saturated carbocycles. The largest absolute Gasteiger partial charge is 0.493 e. The number of carbonyl (C=O) groups excluding carboxylic acids is 2. The third kappa shape index (κ3) is 8.11. The molecule has 0 radical (unpaired) electrons. The highest BCUT2D eigenvalue weighted by atomic mass is 35.5. The Morgan fingerprint density at radius 2 is 1.83 bits per heavy atom. The lowest BCUT2D eigenvalue weighted by Gasteiger charge is -2.19. The van der Waals surface area contributed by atoms with Gasteiger partial charge in [0.2, 0.25) is 0 Å². The first kappa shape index (κ1) is 22.7. The van der Waals surface area contributed by atoms with Crippen LogP contribution in [0.1, 0.15) is 56.0 Å². The van der Waals surface area contributed by atoms with Gasteiger partial charge in [0, 0.05) is 24.2 Å². The van der Waals surface area contributed by atoms with Crippen molar-refractivity contribution in [3.63, 3.8) is 0 Å². The van der Waals surface area contributed by atoms with Crippen molar-refractivity contribution in [2.45, 2.75) is 45.6 Å². The number of aromatic nitrogens is 1. The quantitative estimate of drug-likeness (QED) is 0.508. The van der Waals surface area contributed by atoms with Crippen molar-refractivity contribution in [1.29, 1.82) is 0 Å². The molecule has 156 valence electrons. The van der Waals surface area contributed by atoms with E-state index in [1.54, 1.807) is 57.3 Å². The maximum atomic E-state index is 12.2. The maximum Gasteiger partial charge on any atom is 0.308 e. The van der Waals surface area contributed by atoms with Gasteiger partial charge in [-0.2, -0.15) is 0 Å². The van der Waals surface area contributed by atoms with Gasteiger partial charge in [0.05, 0.1) is 13.0 Å². The monoisotopic (exact) mass is 418 g/mol. The van der Waals surface area contributed by atoms with E-state index in [0.29, 0.717) is 23.1 Å². The van der Waals surface area contributed by atoms with Crippen LogP contribution in [0.3, 0.4) is 0 Å². The molecule has 7 heteroatoms. The van der Waals surface area contributed by atoms with Gasteiger partial charge in [-0.05, 0) is 56.7 Å². The van der Waals surface area contributed by atoms with Crippen LogP contribution < -0.4 is 10.1 Å². The summed E-state index contributed by atoms with van der Waals surface area (Å²) in [4.78, 5) is 27.9. The molecule has 0 aliphatic carbocycles. The lowest BCUT2D eigenvalue weighted by molar-refractivity contribution is -0.154. The van der Waals surface area contributed by atoms with Crippen molar-refractivity contribution in [3.05, 3.63) is 58.9 Å². The van der Waals surface area contributed by atoms with Crippen molar-refractivity contribution < 1.29 is 19.1 Å². The van der Waals surface area contributed by atoms with Crippen molar-refractivity contribution in [2.24, 2.45) is 0 Å². The van der Waals surface area contributed by atoms with Gasteiger partial charge in [-0.15, -0.1) is 0 Å². The summed E-state index contributed by atoms with van der Waals surface area (Å²) >= 11 is 5.80. The van der Waals surface area contributed by atoms with E-state index in [2.05, 4.69) is 10.3 Å². The van der Waals surface area contributed by atoms with E-state index < -0.39 is 5.60 Å². The van der Waals surface area contributed by atoms with Gasteiger partial charge in [0.15, 0.2) is 0 Å². The first-order valence-electron chi connectivity index (χ1n) is 9.48. The molecule has 0 fully saturated rings. The fraction of sp³-hybridized carbons (Fsp3) is 0.409. The van der Waals surface area contributed by atoms with E-state index in [9.17, 15) is 9.59 Å². The number of benzene rings is 1. The number of hydrogen-bond acceptors (Lipinski definition) is 5. The second-order valence-corrected chi connectivity index (χ2v) is 8.13. The molecular formula is C22H27ClN2O4.